The van der Waals surface area contributed by atoms with Crippen molar-refractivity contribution in [1.82, 2.24) is 0 Å². The van der Waals surface area contributed by atoms with Crippen LogP contribution in [0.15, 0.2) is 109 Å². The zero-order chi connectivity index (χ0) is 43.0. The van der Waals surface area contributed by atoms with E-state index in [0.29, 0.717) is 12.8 Å². The van der Waals surface area contributed by atoms with E-state index < -0.39 is 6.10 Å². The van der Waals surface area contributed by atoms with Crippen LogP contribution in [0.3, 0.4) is 0 Å². The van der Waals surface area contributed by atoms with Gasteiger partial charge in [0.25, 0.3) is 0 Å². The van der Waals surface area contributed by atoms with Crippen LogP contribution >= 0.6 is 0 Å². The van der Waals surface area contributed by atoms with E-state index in [1.165, 1.54) is 38.5 Å². The molecular weight excluding hydrogens is 733 g/mol. The molecular formula is C53H84O6. The lowest BCUT2D eigenvalue weighted by atomic mass is 10.1. The van der Waals surface area contributed by atoms with Crippen molar-refractivity contribution in [2.45, 2.75) is 194 Å². The topological polar surface area (TPSA) is 78.9 Å². The predicted octanol–water partition coefficient (Wildman–Crippen LogP) is 15.2. The zero-order valence-corrected chi connectivity index (χ0v) is 37.7. The summed E-state index contributed by atoms with van der Waals surface area (Å²) >= 11 is 0. The summed E-state index contributed by atoms with van der Waals surface area (Å²) in [6.07, 6.45) is 62.2. The Morgan fingerprint density at radius 1 is 0.373 bits per heavy atom. The smallest absolute Gasteiger partial charge is 0.306 e. The van der Waals surface area contributed by atoms with Gasteiger partial charge >= 0.3 is 17.9 Å². The van der Waals surface area contributed by atoms with Gasteiger partial charge in [0.05, 0.1) is 0 Å². The molecule has 0 aliphatic heterocycles. The Morgan fingerprint density at radius 2 is 0.763 bits per heavy atom. The predicted molar refractivity (Wildman–Crippen MR) is 251 cm³/mol. The first-order valence-electron chi connectivity index (χ1n) is 23.4. The van der Waals surface area contributed by atoms with E-state index in [2.05, 4.69) is 124 Å². The molecule has 0 rings (SSSR count). The van der Waals surface area contributed by atoms with Crippen molar-refractivity contribution >= 4 is 17.9 Å². The van der Waals surface area contributed by atoms with Crippen molar-refractivity contribution in [2.75, 3.05) is 13.2 Å². The molecule has 0 spiro atoms. The number of hydrogen-bond donors (Lipinski definition) is 0. The summed E-state index contributed by atoms with van der Waals surface area (Å²) in [7, 11) is 0. The van der Waals surface area contributed by atoms with Gasteiger partial charge in [-0.3, -0.25) is 14.4 Å². The average molecular weight is 817 g/mol. The molecule has 1 atom stereocenters. The minimum Gasteiger partial charge on any atom is -0.462 e. The van der Waals surface area contributed by atoms with E-state index in [1.54, 1.807) is 0 Å². The summed E-state index contributed by atoms with van der Waals surface area (Å²) in [6, 6.07) is 0. The number of carbonyl (C=O) groups excluding carboxylic acids is 3. The lowest BCUT2D eigenvalue weighted by Gasteiger charge is -2.18. The van der Waals surface area contributed by atoms with Crippen LogP contribution in [0, 0.1) is 0 Å². The Kier molecular flexibility index (Phi) is 43.6. The van der Waals surface area contributed by atoms with Gasteiger partial charge in [0.2, 0.25) is 0 Å². The van der Waals surface area contributed by atoms with Crippen LogP contribution in [0.25, 0.3) is 0 Å². The van der Waals surface area contributed by atoms with E-state index in [0.717, 1.165) is 103 Å². The number of allylic oxidation sites excluding steroid dienone is 18. The quantitative estimate of drug-likeness (QED) is 0.0201. The van der Waals surface area contributed by atoms with E-state index in [1.807, 2.05) is 6.08 Å². The number of unbranched alkanes of at least 4 members (excludes halogenated alkanes) is 14. The molecule has 6 nitrogen and oxygen atoms in total. The highest BCUT2D eigenvalue weighted by molar-refractivity contribution is 5.71. The third-order valence-corrected chi connectivity index (χ3v) is 9.32. The van der Waals surface area contributed by atoms with Crippen LogP contribution in [0.1, 0.15) is 188 Å². The van der Waals surface area contributed by atoms with Gasteiger partial charge in [-0.05, 0) is 96.3 Å². The molecule has 0 aliphatic rings. The third-order valence-electron chi connectivity index (χ3n) is 9.32. The van der Waals surface area contributed by atoms with Gasteiger partial charge in [0.15, 0.2) is 6.10 Å². The second-order valence-electron chi connectivity index (χ2n) is 15.0. The Morgan fingerprint density at radius 3 is 1.32 bits per heavy atom. The Labute approximate surface area is 361 Å². The molecule has 0 saturated carbocycles. The molecule has 0 N–H and O–H groups in total. The van der Waals surface area contributed by atoms with Crippen LogP contribution in [0.2, 0.25) is 0 Å². The SMILES string of the molecule is CC\C=C/C=C\C=C/CCCCCCCC(=O)OC(COC(=O)CCC/C=C\C/C=C\C/C=C\C/C=C\CCCCC)COC(=O)CCCCC/C=C\C=C/CCCC. The minimum atomic E-state index is -0.822. The number of carbonyl (C=O) groups is 3. The molecule has 0 radical (unpaired) electrons. The van der Waals surface area contributed by atoms with Crippen LogP contribution in [-0.2, 0) is 28.6 Å². The van der Waals surface area contributed by atoms with Crippen LogP contribution in [0.5, 0.6) is 0 Å². The standard InChI is InChI=1S/C53H84O6/c1-4-7-10-13-16-19-22-24-25-26-27-29-31-34-37-40-43-46-52(55)58-49-50(48-57-51(54)45-42-39-36-33-30-21-18-15-12-9-6-3)59-53(56)47-44-41-38-35-32-28-23-20-17-14-11-8-5-2/h8,11,14-21,23-25,27,29-30,34,37,50H,4-7,9-10,12-13,22,26,28,31-33,35-36,38-49H2,1-3H3/b11-8-,17-14-,18-15-,19-16-,23-20-,25-24-,29-27-,30-21-,37-34-. The van der Waals surface area contributed by atoms with E-state index in [9.17, 15) is 14.4 Å². The molecule has 59 heavy (non-hydrogen) atoms. The fourth-order valence-corrected chi connectivity index (χ4v) is 5.76. The normalized spacial score (nSPS) is 13.1. The molecule has 332 valence electrons. The van der Waals surface area contributed by atoms with Gasteiger partial charge in [-0.1, -0.05) is 182 Å². The summed E-state index contributed by atoms with van der Waals surface area (Å²) < 4.78 is 16.6. The van der Waals surface area contributed by atoms with Gasteiger partial charge in [-0.2, -0.15) is 0 Å². The summed E-state index contributed by atoms with van der Waals surface area (Å²) in [4.78, 5) is 37.8. The number of rotatable bonds is 40. The number of ether oxygens (including phenoxy) is 3. The minimum absolute atomic E-state index is 0.120. The fourth-order valence-electron chi connectivity index (χ4n) is 5.76. The maximum atomic E-state index is 12.7. The van der Waals surface area contributed by atoms with E-state index in [-0.39, 0.29) is 44.0 Å². The lowest BCUT2D eigenvalue weighted by molar-refractivity contribution is -0.167. The van der Waals surface area contributed by atoms with Crippen LogP contribution in [-0.4, -0.2) is 37.2 Å². The maximum Gasteiger partial charge on any atom is 0.306 e. The van der Waals surface area contributed by atoms with E-state index in [4.69, 9.17) is 14.2 Å². The maximum absolute atomic E-state index is 12.7. The zero-order valence-electron chi connectivity index (χ0n) is 37.7. The van der Waals surface area contributed by atoms with E-state index >= 15 is 0 Å². The second-order valence-corrected chi connectivity index (χ2v) is 15.0. The average Bonchev–Trinajstić information content (AvgIpc) is 3.23. The molecule has 0 aromatic heterocycles. The molecule has 0 aromatic rings. The molecule has 0 fully saturated rings. The monoisotopic (exact) mass is 817 g/mol. The highest BCUT2D eigenvalue weighted by atomic mass is 16.6. The summed E-state index contributed by atoms with van der Waals surface area (Å²) in [5.41, 5.74) is 0. The van der Waals surface area contributed by atoms with Crippen molar-refractivity contribution < 1.29 is 28.6 Å². The van der Waals surface area contributed by atoms with Crippen molar-refractivity contribution in [1.29, 1.82) is 0 Å². The second kappa shape index (κ2) is 46.8. The van der Waals surface area contributed by atoms with Crippen LogP contribution < -0.4 is 0 Å². The Hall–Kier alpha value is -3.93. The first-order valence-corrected chi connectivity index (χ1v) is 23.4. The lowest BCUT2D eigenvalue weighted by Crippen LogP contribution is -2.30. The highest BCUT2D eigenvalue weighted by Crippen LogP contribution is 2.11. The summed E-state index contributed by atoms with van der Waals surface area (Å²) in [5.74, 6) is -1.04. The molecule has 0 aromatic carbocycles. The molecule has 0 heterocycles. The fraction of sp³-hybridized carbons (Fsp3) is 0.604. The summed E-state index contributed by atoms with van der Waals surface area (Å²) in [5, 5.41) is 0. The highest BCUT2D eigenvalue weighted by Gasteiger charge is 2.19. The first-order chi connectivity index (χ1) is 29.0. The Bertz CT molecular complexity index is 1260. The molecule has 6 heteroatoms. The van der Waals surface area contributed by atoms with Gasteiger partial charge in [-0.15, -0.1) is 0 Å². The van der Waals surface area contributed by atoms with Crippen molar-refractivity contribution in [2.24, 2.45) is 0 Å². The first kappa shape index (κ1) is 55.1. The molecule has 0 aliphatic carbocycles. The molecule has 0 amide bonds. The molecule has 0 saturated heterocycles. The van der Waals surface area contributed by atoms with Gasteiger partial charge < -0.3 is 14.2 Å². The molecule has 0 bridgehead atoms. The summed E-state index contributed by atoms with van der Waals surface area (Å²) in [6.45, 7) is 6.30. The largest absolute Gasteiger partial charge is 0.462 e. The van der Waals surface area contributed by atoms with Gasteiger partial charge in [0, 0.05) is 19.3 Å². The van der Waals surface area contributed by atoms with Crippen molar-refractivity contribution in [3.05, 3.63) is 109 Å². The number of hydrogen-bond acceptors (Lipinski definition) is 6. The molecule has 1 unspecified atom stereocenters. The van der Waals surface area contributed by atoms with Gasteiger partial charge in [-0.25, -0.2) is 0 Å². The third kappa shape index (κ3) is 45.0. The van der Waals surface area contributed by atoms with Gasteiger partial charge in [0.1, 0.15) is 13.2 Å². The Balaban J connectivity index is 4.55. The van der Waals surface area contributed by atoms with Crippen LogP contribution in [0.4, 0.5) is 0 Å². The van der Waals surface area contributed by atoms with Crippen molar-refractivity contribution in [3.8, 4) is 0 Å². The number of esters is 3. The van der Waals surface area contributed by atoms with Crippen molar-refractivity contribution in [3.63, 3.8) is 0 Å².